The first-order valence-electron chi connectivity index (χ1n) is 14.0. The molecule has 0 radical (unpaired) electrons. The van der Waals surface area contributed by atoms with E-state index in [0.29, 0.717) is 6.42 Å². The molecule has 2 aliphatic rings. The third-order valence-corrected chi connectivity index (χ3v) is 7.62. The quantitative estimate of drug-likeness (QED) is 0.316. The van der Waals surface area contributed by atoms with Crippen molar-refractivity contribution in [2.75, 3.05) is 13.2 Å². The number of fused-ring (bicyclic) bond motifs is 4. The summed E-state index contributed by atoms with van der Waals surface area (Å²) >= 11 is 0. The molecule has 0 aliphatic heterocycles. The van der Waals surface area contributed by atoms with Gasteiger partial charge in [0.05, 0.1) is 12.1 Å². The van der Waals surface area contributed by atoms with Gasteiger partial charge in [0, 0.05) is 18.9 Å². The molecule has 8 heteroatoms. The third-order valence-electron chi connectivity index (χ3n) is 7.62. The maximum absolute atomic E-state index is 13.8. The zero-order valence-corrected chi connectivity index (χ0v) is 23.6. The van der Waals surface area contributed by atoms with Crippen LogP contribution in [-0.4, -0.2) is 46.9 Å². The molecule has 5 rings (SSSR count). The van der Waals surface area contributed by atoms with Crippen molar-refractivity contribution in [3.63, 3.8) is 0 Å². The number of amides is 2. The molecule has 0 spiro atoms. The Hall–Kier alpha value is -4.33. The van der Waals surface area contributed by atoms with E-state index in [2.05, 4.69) is 29.6 Å². The number of carboxylic acid groups (broad SMARTS) is 1. The zero-order chi connectivity index (χ0) is 29.1. The van der Waals surface area contributed by atoms with Crippen LogP contribution >= 0.6 is 0 Å². The summed E-state index contributed by atoms with van der Waals surface area (Å²) in [5.41, 5.74) is 5.67. The summed E-state index contributed by atoms with van der Waals surface area (Å²) in [6.07, 6.45) is -0.397. The first-order chi connectivity index (χ1) is 19.6. The molecule has 2 amide bonds. The summed E-state index contributed by atoms with van der Waals surface area (Å²) in [5, 5.41) is 12.2. The van der Waals surface area contributed by atoms with Gasteiger partial charge >= 0.3 is 18.2 Å². The van der Waals surface area contributed by atoms with Crippen LogP contribution in [0.1, 0.15) is 80.3 Å². The Balaban J connectivity index is 1.36. The molecule has 2 unspecified atom stereocenters. The lowest BCUT2D eigenvalue weighted by molar-refractivity contribution is -0.137. The van der Waals surface area contributed by atoms with Gasteiger partial charge in [-0.3, -0.25) is 4.79 Å². The Bertz CT molecular complexity index is 1400. The van der Waals surface area contributed by atoms with Gasteiger partial charge in [0.2, 0.25) is 0 Å². The number of rotatable bonds is 8. The Morgan fingerprint density at radius 1 is 0.878 bits per heavy atom. The summed E-state index contributed by atoms with van der Waals surface area (Å²) in [6.45, 7) is 5.79. The number of nitrogens with zero attached hydrogens (tertiary/aromatic N) is 1. The summed E-state index contributed by atoms with van der Waals surface area (Å²) < 4.78 is 11.5. The van der Waals surface area contributed by atoms with E-state index in [1.165, 1.54) is 0 Å². The van der Waals surface area contributed by atoms with Crippen LogP contribution in [0, 0.1) is 0 Å². The molecule has 0 fully saturated rings. The standard InChI is InChI=1S/C33H36N2O6/c1-33(2,3)41-31(38)34-28-19-29(26-16-9-8-15-25(26)28)35(18-10-17-30(36)37)32(39)40-20-27-23-13-6-4-11-21(23)22-12-5-7-14-24(22)27/h4-9,11-16,27-29H,10,17-20H2,1-3H3,(H,34,38)(H,36,37). The number of carboxylic acids is 1. The molecule has 2 aliphatic carbocycles. The van der Waals surface area contributed by atoms with E-state index >= 15 is 0 Å². The predicted octanol–water partition coefficient (Wildman–Crippen LogP) is 6.81. The van der Waals surface area contributed by atoms with Gasteiger partial charge in [-0.05, 0) is 67.0 Å². The maximum atomic E-state index is 13.8. The molecule has 41 heavy (non-hydrogen) atoms. The van der Waals surface area contributed by atoms with E-state index in [1.54, 1.807) is 25.7 Å². The second-order valence-corrected chi connectivity index (χ2v) is 11.6. The lowest BCUT2D eigenvalue weighted by Gasteiger charge is -2.30. The highest BCUT2D eigenvalue weighted by Crippen LogP contribution is 2.45. The van der Waals surface area contributed by atoms with Crippen LogP contribution in [0.5, 0.6) is 0 Å². The zero-order valence-electron chi connectivity index (χ0n) is 23.6. The van der Waals surface area contributed by atoms with E-state index < -0.39 is 29.8 Å². The molecule has 2 atom stereocenters. The molecule has 3 aromatic rings. The topological polar surface area (TPSA) is 105 Å². The van der Waals surface area contributed by atoms with Gasteiger partial charge in [-0.2, -0.15) is 0 Å². The molecule has 214 valence electrons. The Kier molecular flexibility index (Phi) is 8.01. The molecule has 0 saturated heterocycles. The molecular formula is C33H36N2O6. The van der Waals surface area contributed by atoms with Crippen LogP contribution in [0.25, 0.3) is 11.1 Å². The third kappa shape index (κ3) is 6.21. The van der Waals surface area contributed by atoms with Crippen LogP contribution in [-0.2, 0) is 14.3 Å². The molecular weight excluding hydrogens is 520 g/mol. The van der Waals surface area contributed by atoms with Crippen molar-refractivity contribution >= 4 is 18.2 Å². The molecule has 2 N–H and O–H groups in total. The highest BCUT2D eigenvalue weighted by molar-refractivity contribution is 5.79. The number of benzene rings is 3. The Labute approximate surface area is 240 Å². The number of ether oxygens (including phenoxy) is 2. The molecule has 0 saturated carbocycles. The molecule has 0 bridgehead atoms. The number of carbonyl (C=O) groups excluding carboxylic acids is 2. The van der Waals surface area contributed by atoms with E-state index in [0.717, 1.165) is 33.4 Å². The lowest BCUT2D eigenvalue weighted by atomic mass is 9.98. The second-order valence-electron chi connectivity index (χ2n) is 11.6. The highest BCUT2D eigenvalue weighted by atomic mass is 16.6. The fraction of sp³-hybridized carbons (Fsp3) is 0.364. The Morgan fingerprint density at radius 2 is 1.44 bits per heavy atom. The van der Waals surface area contributed by atoms with Crippen LogP contribution in [0.4, 0.5) is 9.59 Å². The summed E-state index contributed by atoms with van der Waals surface area (Å²) in [4.78, 5) is 39.3. The van der Waals surface area contributed by atoms with Gasteiger partial charge in [0.1, 0.15) is 12.2 Å². The number of carbonyl (C=O) groups is 3. The number of hydrogen-bond donors (Lipinski definition) is 2. The van der Waals surface area contributed by atoms with Crippen LogP contribution in [0.15, 0.2) is 72.8 Å². The summed E-state index contributed by atoms with van der Waals surface area (Å²) in [7, 11) is 0. The maximum Gasteiger partial charge on any atom is 0.410 e. The SMILES string of the molecule is CC(C)(C)OC(=O)NC1CC(N(CCCC(=O)O)C(=O)OCC2c3ccccc3-c3ccccc32)c2ccccc21. The van der Waals surface area contributed by atoms with Crippen LogP contribution < -0.4 is 5.32 Å². The normalized spacial score (nSPS) is 17.2. The number of hydrogen-bond acceptors (Lipinski definition) is 5. The molecule has 8 nitrogen and oxygen atoms in total. The van der Waals surface area contributed by atoms with E-state index in [-0.39, 0.29) is 38.0 Å². The van der Waals surface area contributed by atoms with Gasteiger partial charge in [-0.25, -0.2) is 9.59 Å². The molecule has 3 aromatic carbocycles. The average molecular weight is 557 g/mol. The smallest absolute Gasteiger partial charge is 0.410 e. The van der Waals surface area contributed by atoms with Crippen molar-refractivity contribution in [2.45, 2.75) is 63.6 Å². The summed E-state index contributed by atoms with van der Waals surface area (Å²) in [5.74, 6) is -1.02. The van der Waals surface area contributed by atoms with Crippen molar-refractivity contribution in [3.8, 4) is 11.1 Å². The minimum Gasteiger partial charge on any atom is -0.481 e. The van der Waals surface area contributed by atoms with E-state index in [9.17, 15) is 19.5 Å². The van der Waals surface area contributed by atoms with Crippen molar-refractivity contribution < 1.29 is 29.0 Å². The van der Waals surface area contributed by atoms with Gasteiger partial charge in [0.15, 0.2) is 0 Å². The number of alkyl carbamates (subject to hydrolysis) is 1. The van der Waals surface area contributed by atoms with Gasteiger partial charge in [0.25, 0.3) is 0 Å². The molecule has 0 heterocycles. The van der Waals surface area contributed by atoms with Crippen molar-refractivity contribution in [1.82, 2.24) is 10.2 Å². The van der Waals surface area contributed by atoms with Crippen molar-refractivity contribution in [1.29, 1.82) is 0 Å². The van der Waals surface area contributed by atoms with E-state index in [1.807, 2.05) is 48.5 Å². The van der Waals surface area contributed by atoms with Crippen molar-refractivity contribution in [3.05, 3.63) is 95.1 Å². The lowest BCUT2D eigenvalue weighted by Crippen LogP contribution is -2.37. The second kappa shape index (κ2) is 11.6. The number of nitrogens with one attached hydrogen (secondary N) is 1. The predicted molar refractivity (Wildman–Crippen MR) is 155 cm³/mol. The number of aliphatic carboxylic acids is 1. The van der Waals surface area contributed by atoms with Gasteiger partial charge in [-0.15, -0.1) is 0 Å². The fourth-order valence-corrected chi connectivity index (χ4v) is 5.94. The minimum absolute atomic E-state index is 0.0683. The summed E-state index contributed by atoms with van der Waals surface area (Å²) in [6, 6.07) is 23.2. The van der Waals surface area contributed by atoms with Gasteiger partial charge < -0.3 is 24.8 Å². The largest absolute Gasteiger partial charge is 0.481 e. The van der Waals surface area contributed by atoms with Crippen molar-refractivity contribution in [2.24, 2.45) is 0 Å². The highest BCUT2D eigenvalue weighted by Gasteiger charge is 2.39. The minimum atomic E-state index is -0.922. The van der Waals surface area contributed by atoms with Gasteiger partial charge in [-0.1, -0.05) is 72.8 Å². The fourth-order valence-electron chi connectivity index (χ4n) is 5.94. The monoisotopic (exact) mass is 556 g/mol. The Morgan fingerprint density at radius 3 is 2.02 bits per heavy atom. The van der Waals surface area contributed by atoms with Crippen LogP contribution in [0.3, 0.4) is 0 Å². The first kappa shape index (κ1) is 28.2. The van der Waals surface area contributed by atoms with E-state index in [4.69, 9.17) is 9.47 Å². The molecule has 0 aromatic heterocycles. The first-order valence-corrected chi connectivity index (χ1v) is 14.0. The average Bonchev–Trinajstić information content (AvgIpc) is 3.44. The van der Waals surface area contributed by atoms with Crippen LogP contribution in [0.2, 0.25) is 0 Å².